The largest absolute Gasteiger partial charge is 0.381 e. The van der Waals surface area contributed by atoms with Gasteiger partial charge in [0.25, 0.3) is 10.1 Å². The number of aryl methyl sites for hydroxylation is 1. The van der Waals surface area contributed by atoms with Crippen molar-refractivity contribution in [3.05, 3.63) is 29.8 Å². The highest BCUT2D eigenvalue weighted by Crippen LogP contribution is 2.16. The van der Waals surface area contributed by atoms with E-state index in [4.69, 9.17) is 8.92 Å². The Morgan fingerprint density at radius 1 is 1.00 bits per heavy atom. The maximum Gasteiger partial charge on any atom is 0.296 e. The lowest BCUT2D eigenvalue weighted by Crippen LogP contribution is -2.16. The highest BCUT2D eigenvalue weighted by Gasteiger charge is 2.16. The number of benzene rings is 1. The van der Waals surface area contributed by atoms with Crippen LogP contribution in [0.4, 0.5) is 0 Å². The Bertz CT molecular complexity index is 522. The van der Waals surface area contributed by atoms with Crippen LogP contribution in [0, 0.1) is 6.92 Å². The molecule has 0 aliphatic rings. The van der Waals surface area contributed by atoms with E-state index < -0.39 is 10.1 Å². The maximum absolute atomic E-state index is 12.1. The number of hydrogen-bond donors (Lipinski definition) is 0. The third-order valence-corrected chi connectivity index (χ3v) is 5.28. The standard InChI is InChI=1S/C18H30O4S/c1-4-5-6-7-8-9-17(21-3)14-15-22-23(19,20)18-12-10-16(2)11-13-18/h10-13,17H,4-9,14-15H2,1-3H3/t17-/m0/s1. The molecule has 0 radical (unpaired) electrons. The predicted octanol–water partition coefficient (Wildman–Crippen LogP) is 4.47. The molecule has 4 nitrogen and oxygen atoms in total. The first-order valence-corrected chi connectivity index (χ1v) is 9.89. The topological polar surface area (TPSA) is 52.6 Å². The van der Waals surface area contributed by atoms with E-state index in [1.165, 1.54) is 25.7 Å². The van der Waals surface area contributed by atoms with Crippen LogP contribution in [-0.2, 0) is 19.0 Å². The van der Waals surface area contributed by atoms with Crippen molar-refractivity contribution in [2.24, 2.45) is 0 Å². The van der Waals surface area contributed by atoms with Crippen molar-refractivity contribution in [1.29, 1.82) is 0 Å². The minimum Gasteiger partial charge on any atom is -0.381 e. The zero-order valence-corrected chi connectivity index (χ0v) is 15.4. The van der Waals surface area contributed by atoms with Crippen molar-refractivity contribution in [2.45, 2.75) is 69.8 Å². The van der Waals surface area contributed by atoms with Gasteiger partial charge >= 0.3 is 0 Å². The highest BCUT2D eigenvalue weighted by atomic mass is 32.2. The van der Waals surface area contributed by atoms with Crippen molar-refractivity contribution in [2.75, 3.05) is 13.7 Å². The van der Waals surface area contributed by atoms with Gasteiger partial charge in [-0.3, -0.25) is 4.18 Å². The summed E-state index contributed by atoms with van der Waals surface area (Å²) in [5.41, 5.74) is 1.02. The Kier molecular flexibility index (Phi) is 9.44. The zero-order chi connectivity index (χ0) is 17.1. The molecule has 0 unspecified atom stereocenters. The van der Waals surface area contributed by atoms with Crippen LogP contribution in [0.15, 0.2) is 29.2 Å². The molecule has 23 heavy (non-hydrogen) atoms. The number of ether oxygens (including phenoxy) is 1. The third kappa shape index (κ3) is 7.95. The Labute approximate surface area is 141 Å². The Balaban J connectivity index is 2.34. The summed E-state index contributed by atoms with van der Waals surface area (Å²) in [6.07, 6.45) is 7.69. The summed E-state index contributed by atoms with van der Waals surface area (Å²) in [6.45, 7) is 4.27. The Morgan fingerprint density at radius 3 is 2.26 bits per heavy atom. The average molecular weight is 343 g/mol. The van der Waals surface area contributed by atoms with Gasteiger partial charge < -0.3 is 4.74 Å². The molecule has 0 saturated heterocycles. The van der Waals surface area contributed by atoms with Gasteiger partial charge in [0.15, 0.2) is 0 Å². The Hall–Kier alpha value is -0.910. The van der Waals surface area contributed by atoms with Gasteiger partial charge in [-0.15, -0.1) is 0 Å². The normalized spacial score (nSPS) is 13.2. The zero-order valence-electron chi connectivity index (χ0n) is 14.6. The van der Waals surface area contributed by atoms with Crippen LogP contribution in [0.3, 0.4) is 0 Å². The number of methoxy groups -OCH3 is 1. The van der Waals surface area contributed by atoms with E-state index in [9.17, 15) is 8.42 Å². The summed E-state index contributed by atoms with van der Waals surface area (Å²) in [4.78, 5) is 0.205. The quantitative estimate of drug-likeness (QED) is 0.415. The van der Waals surface area contributed by atoms with Crippen molar-refractivity contribution in [3.63, 3.8) is 0 Å². The van der Waals surface area contributed by atoms with Crippen molar-refractivity contribution in [1.82, 2.24) is 0 Å². The molecule has 0 bridgehead atoms. The fraction of sp³-hybridized carbons (Fsp3) is 0.667. The van der Waals surface area contributed by atoms with Gasteiger partial charge in [0, 0.05) is 7.11 Å². The summed E-state index contributed by atoms with van der Waals surface area (Å²) in [5, 5.41) is 0. The molecule has 0 N–H and O–H groups in total. The van der Waals surface area contributed by atoms with E-state index in [-0.39, 0.29) is 17.6 Å². The predicted molar refractivity (Wildman–Crippen MR) is 93.1 cm³/mol. The van der Waals surface area contributed by atoms with Gasteiger partial charge in [-0.05, 0) is 31.9 Å². The second kappa shape index (κ2) is 10.8. The number of unbranched alkanes of at least 4 members (excludes halogenated alkanes) is 4. The molecule has 0 amide bonds. The molecular weight excluding hydrogens is 312 g/mol. The maximum atomic E-state index is 12.1. The van der Waals surface area contributed by atoms with E-state index in [1.54, 1.807) is 31.4 Å². The second-order valence-electron chi connectivity index (χ2n) is 5.94. The molecule has 5 heteroatoms. The van der Waals surface area contributed by atoms with Gasteiger partial charge in [-0.2, -0.15) is 8.42 Å². The van der Waals surface area contributed by atoms with Crippen LogP contribution in [0.5, 0.6) is 0 Å². The first-order chi connectivity index (χ1) is 11.0. The number of hydrogen-bond acceptors (Lipinski definition) is 4. The lowest BCUT2D eigenvalue weighted by molar-refractivity contribution is 0.0733. The molecule has 1 aromatic rings. The average Bonchev–Trinajstić information content (AvgIpc) is 2.53. The van der Waals surface area contributed by atoms with Gasteiger partial charge in [-0.1, -0.05) is 56.7 Å². The molecule has 1 aromatic carbocycles. The van der Waals surface area contributed by atoms with Crippen molar-refractivity contribution in [3.8, 4) is 0 Å². The van der Waals surface area contributed by atoms with Gasteiger partial charge in [-0.25, -0.2) is 0 Å². The molecule has 0 spiro atoms. The summed E-state index contributed by atoms with van der Waals surface area (Å²) in [7, 11) is -2.00. The van der Waals surface area contributed by atoms with Crippen molar-refractivity contribution >= 4 is 10.1 Å². The Morgan fingerprint density at radius 2 is 1.65 bits per heavy atom. The molecule has 0 aliphatic carbocycles. The summed E-state index contributed by atoms with van der Waals surface area (Å²) >= 11 is 0. The first-order valence-electron chi connectivity index (χ1n) is 8.48. The SMILES string of the molecule is CCCCCCC[C@@H](CCOS(=O)(=O)c1ccc(C)cc1)OC. The summed E-state index contributed by atoms with van der Waals surface area (Å²) in [5.74, 6) is 0. The van der Waals surface area contributed by atoms with Gasteiger partial charge in [0.05, 0.1) is 17.6 Å². The summed E-state index contributed by atoms with van der Waals surface area (Å²) < 4.78 is 34.7. The van der Waals surface area contributed by atoms with Crippen LogP contribution >= 0.6 is 0 Å². The number of rotatable bonds is 12. The van der Waals surface area contributed by atoms with Gasteiger partial charge in [0.1, 0.15) is 0 Å². The molecule has 0 heterocycles. The molecule has 0 aliphatic heterocycles. The summed E-state index contributed by atoms with van der Waals surface area (Å²) in [6, 6.07) is 6.69. The van der Waals surface area contributed by atoms with Crippen LogP contribution in [-0.4, -0.2) is 28.2 Å². The van der Waals surface area contributed by atoms with Crippen molar-refractivity contribution < 1.29 is 17.3 Å². The van der Waals surface area contributed by atoms with E-state index in [1.807, 2.05) is 6.92 Å². The van der Waals surface area contributed by atoms with Crippen LogP contribution in [0.25, 0.3) is 0 Å². The van der Waals surface area contributed by atoms with Crippen LogP contribution in [0.2, 0.25) is 0 Å². The second-order valence-corrected chi connectivity index (χ2v) is 7.55. The van der Waals surface area contributed by atoms with Crippen LogP contribution < -0.4 is 0 Å². The van der Waals surface area contributed by atoms with Gasteiger partial charge in [0.2, 0.25) is 0 Å². The third-order valence-electron chi connectivity index (χ3n) is 3.95. The molecule has 132 valence electrons. The minimum atomic E-state index is -3.67. The first kappa shape index (κ1) is 20.1. The van der Waals surface area contributed by atoms with Crippen LogP contribution in [0.1, 0.15) is 57.4 Å². The molecule has 0 fully saturated rings. The lowest BCUT2D eigenvalue weighted by atomic mass is 10.1. The molecule has 0 saturated carbocycles. The fourth-order valence-electron chi connectivity index (χ4n) is 2.42. The monoisotopic (exact) mass is 342 g/mol. The molecule has 0 aromatic heterocycles. The highest BCUT2D eigenvalue weighted by molar-refractivity contribution is 7.86. The molecule has 1 atom stereocenters. The molecular formula is C18H30O4S. The molecule has 1 rings (SSSR count). The minimum absolute atomic E-state index is 0.0600. The fourth-order valence-corrected chi connectivity index (χ4v) is 3.34. The van der Waals surface area contributed by atoms with E-state index in [2.05, 4.69) is 6.92 Å². The van der Waals surface area contributed by atoms with E-state index >= 15 is 0 Å². The van der Waals surface area contributed by atoms with E-state index in [0.717, 1.165) is 18.4 Å². The lowest BCUT2D eigenvalue weighted by Gasteiger charge is -2.15. The van der Waals surface area contributed by atoms with E-state index in [0.29, 0.717) is 6.42 Å². The smallest absolute Gasteiger partial charge is 0.296 e.